The normalized spacial score (nSPS) is 15.7. The molecule has 1 aliphatic rings. The van der Waals surface area contributed by atoms with E-state index in [-0.39, 0.29) is 34.7 Å². The Morgan fingerprint density at radius 1 is 1.19 bits per heavy atom. The van der Waals surface area contributed by atoms with Gasteiger partial charge in [-0.2, -0.15) is 4.31 Å². The van der Waals surface area contributed by atoms with Gasteiger partial charge < -0.3 is 10.1 Å². The van der Waals surface area contributed by atoms with Crippen LogP contribution in [0.1, 0.15) is 19.8 Å². The van der Waals surface area contributed by atoms with E-state index in [1.54, 1.807) is 42.0 Å². The first kappa shape index (κ1) is 22.5. The van der Waals surface area contributed by atoms with Gasteiger partial charge in [0.15, 0.2) is 0 Å². The number of sulfonamides is 1. The van der Waals surface area contributed by atoms with Crippen LogP contribution in [-0.2, 0) is 21.4 Å². The summed E-state index contributed by atoms with van der Waals surface area (Å²) in [6.07, 6.45) is 0.865. The van der Waals surface area contributed by atoms with Crippen LogP contribution in [0.4, 0.5) is 5.69 Å². The summed E-state index contributed by atoms with van der Waals surface area (Å²) in [4.78, 5) is 24.9. The van der Waals surface area contributed by atoms with E-state index in [2.05, 4.69) is 5.32 Å². The molecule has 170 valence electrons. The fourth-order valence-corrected chi connectivity index (χ4v) is 6.56. The molecule has 1 aliphatic heterocycles. The molecule has 0 bridgehead atoms. The van der Waals surface area contributed by atoms with Crippen LogP contribution >= 0.6 is 11.3 Å². The largest absolute Gasteiger partial charge is 0.495 e. The summed E-state index contributed by atoms with van der Waals surface area (Å²) in [6, 6.07) is 12.0. The lowest BCUT2D eigenvalue weighted by molar-refractivity contribution is -0.120. The van der Waals surface area contributed by atoms with Crippen molar-refractivity contribution < 1.29 is 17.9 Å². The van der Waals surface area contributed by atoms with Crippen LogP contribution in [0.2, 0.25) is 0 Å². The number of aromatic nitrogens is 1. The van der Waals surface area contributed by atoms with Crippen molar-refractivity contribution in [3.63, 3.8) is 0 Å². The molecule has 0 atom stereocenters. The highest BCUT2D eigenvalue weighted by atomic mass is 32.2. The Kier molecular flexibility index (Phi) is 6.36. The molecule has 0 radical (unpaired) electrons. The number of hydrogen-bond acceptors (Lipinski definition) is 6. The minimum absolute atomic E-state index is 0.0982. The van der Waals surface area contributed by atoms with E-state index in [1.165, 1.54) is 4.31 Å². The van der Waals surface area contributed by atoms with Gasteiger partial charge in [0.1, 0.15) is 5.75 Å². The lowest BCUT2D eigenvalue weighted by Crippen LogP contribution is -2.41. The fraction of sp³-hybridized carbons (Fsp3) is 0.364. The number of piperidine rings is 1. The Morgan fingerprint density at radius 2 is 1.91 bits per heavy atom. The van der Waals surface area contributed by atoms with Crippen molar-refractivity contribution in [1.82, 2.24) is 8.87 Å². The van der Waals surface area contributed by atoms with Crippen molar-refractivity contribution in [2.75, 3.05) is 25.5 Å². The number of rotatable bonds is 6. The van der Waals surface area contributed by atoms with Gasteiger partial charge in [0.05, 0.1) is 27.9 Å². The van der Waals surface area contributed by atoms with E-state index >= 15 is 0 Å². The number of carbonyl (C=O) groups is 1. The van der Waals surface area contributed by atoms with E-state index in [0.717, 1.165) is 16.9 Å². The summed E-state index contributed by atoms with van der Waals surface area (Å²) in [5.74, 6) is 0.159. The van der Waals surface area contributed by atoms with Gasteiger partial charge >= 0.3 is 4.87 Å². The van der Waals surface area contributed by atoms with E-state index < -0.39 is 10.0 Å². The van der Waals surface area contributed by atoms with Crippen molar-refractivity contribution in [2.24, 2.45) is 5.92 Å². The minimum Gasteiger partial charge on any atom is -0.495 e. The quantitative estimate of drug-likeness (QED) is 0.591. The SMILES string of the molecule is CCn1c(=O)sc2cc(S(=O)(=O)N3CCC(C(=O)Nc4ccccc4OC)CC3)ccc21. The number of amides is 1. The molecule has 0 spiro atoms. The Morgan fingerprint density at radius 3 is 2.59 bits per heavy atom. The summed E-state index contributed by atoms with van der Waals surface area (Å²) in [7, 11) is -2.16. The predicted molar refractivity (Wildman–Crippen MR) is 125 cm³/mol. The molecule has 1 N–H and O–H groups in total. The zero-order valence-corrected chi connectivity index (χ0v) is 19.5. The molecule has 1 saturated heterocycles. The van der Waals surface area contributed by atoms with Crippen molar-refractivity contribution in [2.45, 2.75) is 31.2 Å². The third kappa shape index (κ3) is 4.17. The monoisotopic (exact) mass is 475 g/mol. The second-order valence-electron chi connectivity index (χ2n) is 7.61. The molecule has 2 heterocycles. The third-order valence-corrected chi connectivity index (χ3v) is 8.62. The van der Waals surface area contributed by atoms with Gasteiger partial charge in [-0.15, -0.1) is 0 Å². The Balaban J connectivity index is 1.46. The summed E-state index contributed by atoms with van der Waals surface area (Å²) >= 11 is 1.05. The molecular formula is C22H25N3O5S2. The Labute approximate surface area is 190 Å². The maximum Gasteiger partial charge on any atom is 0.308 e. The number of ether oxygens (including phenoxy) is 1. The van der Waals surface area contributed by atoms with Crippen molar-refractivity contribution in [3.05, 3.63) is 52.1 Å². The molecule has 1 aromatic heterocycles. The first-order chi connectivity index (χ1) is 15.3. The third-order valence-electron chi connectivity index (χ3n) is 5.78. The summed E-state index contributed by atoms with van der Waals surface area (Å²) in [5.41, 5.74) is 1.34. The van der Waals surface area contributed by atoms with E-state index in [1.807, 2.05) is 19.1 Å². The topological polar surface area (TPSA) is 97.7 Å². The van der Waals surface area contributed by atoms with Gasteiger partial charge in [-0.1, -0.05) is 23.5 Å². The molecule has 4 rings (SSSR count). The van der Waals surface area contributed by atoms with Crippen molar-refractivity contribution >= 4 is 43.2 Å². The number of benzene rings is 2. The maximum absolute atomic E-state index is 13.2. The molecule has 1 fully saturated rings. The lowest BCUT2D eigenvalue weighted by atomic mass is 9.97. The number of methoxy groups -OCH3 is 1. The van der Waals surface area contributed by atoms with Crippen LogP contribution in [0.5, 0.6) is 5.75 Å². The Hall–Kier alpha value is -2.69. The number of nitrogens with zero attached hydrogens (tertiary/aromatic N) is 2. The molecule has 10 heteroatoms. The molecule has 0 aliphatic carbocycles. The number of hydrogen-bond donors (Lipinski definition) is 1. The second kappa shape index (κ2) is 9.05. The van der Waals surface area contributed by atoms with Gasteiger partial charge in [0.2, 0.25) is 15.9 Å². The van der Waals surface area contributed by atoms with Crippen LogP contribution < -0.4 is 14.9 Å². The van der Waals surface area contributed by atoms with Gasteiger partial charge in [-0.05, 0) is 50.1 Å². The van der Waals surface area contributed by atoms with Crippen LogP contribution in [0.15, 0.2) is 52.2 Å². The summed E-state index contributed by atoms with van der Waals surface area (Å²) in [5, 5.41) is 2.89. The summed E-state index contributed by atoms with van der Waals surface area (Å²) < 4.78 is 35.3. The lowest BCUT2D eigenvalue weighted by Gasteiger charge is -2.30. The van der Waals surface area contributed by atoms with Crippen LogP contribution in [0.3, 0.4) is 0 Å². The van der Waals surface area contributed by atoms with Crippen molar-refractivity contribution in [1.29, 1.82) is 0 Å². The number of fused-ring (bicyclic) bond motifs is 1. The van der Waals surface area contributed by atoms with Gasteiger partial charge in [0, 0.05) is 25.6 Å². The van der Waals surface area contributed by atoms with E-state index in [4.69, 9.17) is 4.74 Å². The molecule has 0 saturated carbocycles. The molecule has 32 heavy (non-hydrogen) atoms. The van der Waals surface area contributed by atoms with Gasteiger partial charge in [0.25, 0.3) is 0 Å². The minimum atomic E-state index is -3.71. The fourth-order valence-electron chi connectivity index (χ4n) is 4.00. The molecule has 3 aromatic rings. The number of para-hydroxylation sites is 2. The zero-order valence-electron chi connectivity index (χ0n) is 17.9. The number of carbonyl (C=O) groups excluding carboxylic acids is 1. The van der Waals surface area contributed by atoms with Crippen molar-refractivity contribution in [3.8, 4) is 5.75 Å². The number of nitrogens with one attached hydrogen (secondary N) is 1. The second-order valence-corrected chi connectivity index (χ2v) is 10.5. The zero-order chi connectivity index (χ0) is 22.9. The summed E-state index contributed by atoms with van der Waals surface area (Å²) in [6.45, 7) is 2.94. The van der Waals surface area contributed by atoms with Gasteiger partial charge in [-0.25, -0.2) is 8.42 Å². The number of anilines is 1. The van der Waals surface area contributed by atoms with Gasteiger partial charge in [-0.3, -0.25) is 14.2 Å². The first-order valence-electron chi connectivity index (χ1n) is 10.4. The molecular weight excluding hydrogens is 450 g/mol. The average molecular weight is 476 g/mol. The van der Waals surface area contributed by atoms with Crippen LogP contribution in [0, 0.1) is 5.92 Å². The smallest absolute Gasteiger partial charge is 0.308 e. The number of aryl methyl sites for hydroxylation is 1. The van der Waals surface area contributed by atoms with Crippen LogP contribution in [0.25, 0.3) is 10.2 Å². The Bertz CT molecular complexity index is 1300. The molecule has 0 unspecified atom stereocenters. The standard InChI is InChI=1S/C22H25N3O5S2/c1-3-25-18-9-8-16(14-20(18)31-22(25)27)32(28,29)24-12-10-15(11-13-24)21(26)23-17-6-4-5-7-19(17)30-2/h4-9,14-15H,3,10-13H2,1-2H3,(H,23,26). The average Bonchev–Trinajstić information content (AvgIpc) is 3.13. The molecule has 2 aromatic carbocycles. The first-order valence-corrected chi connectivity index (χ1v) is 12.7. The van der Waals surface area contributed by atoms with E-state index in [9.17, 15) is 18.0 Å². The highest BCUT2D eigenvalue weighted by molar-refractivity contribution is 7.89. The highest BCUT2D eigenvalue weighted by Crippen LogP contribution is 2.29. The predicted octanol–water partition coefficient (Wildman–Crippen LogP) is 3.13. The van der Waals surface area contributed by atoms with Crippen LogP contribution in [-0.4, -0.2) is 43.4 Å². The number of thiazole rings is 1. The van der Waals surface area contributed by atoms with E-state index in [0.29, 0.717) is 35.5 Å². The molecule has 8 nitrogen and oxygen atoms in total. The molecule has 1 amide bonds. The maximum atomic E-state index is 13.2. The highest BCUT2D eigenvalue weighted by Gasteiger charge is 2.32.